The molecule has 0 saturated carbocycles. The summed E-state index contributed by atoms with van der Waals surface area (Å²) in [6, 6.07) is 12.7. The minimum atomic E-state index is -0.0857. The van der Waals surface area contributed by atoms with Crippen molar-refractivity contribution in [1.82, 2.24) is 0 Å². The molecule has 0 saturated heterocycles. The molecule has 18 heavy (non-hydrogen) atoms. The number of halogens is 2. The first-order chi connectivity index (χ1) is 8.49. The van der Waals surface area contributed by atoms with Gasteiger partial charge in [-0.15, -0.1) is 11.6 Å². The summed E-state index contributed by atoms with van der Waals surface area (Å²) in [5.41, 5.74) is 6.05. The number of rotatable bonds is 2. The zero-order valence-electron chi connectivity index (χ0n) is 10.8. The van der Waals surface area contributed by atoms with Crippen LogP contribution in [0.4, 0.5) is 0 Å². The molecule has 0 N–H and O–H groups in total. The van der Waals surface area contributed by atoms with E-state index in [9.17, 15) is 0 Å². The van der Waals surface area contributed by atoms with Gasteiger partial charge in [-0.3, -0.25) is 0 Å². The van der Waals surface area contributed by atoms with Crippen LogP contribution in [0, 0.1) is 20.8 Å². The third-order valence-electron chi connectivity index (χ3n) is 3.17. The van der Waals surface area contributed by atoms with Crippen LogP contribution in [-0.4, -0.2) is 0 Å². The highest BCUT2D eigenvalue weighted by atomic mass is 79.9. The van der Waals surface area contributed by atoms with E-state index < -0.39 is 0 Å². The van der Waals surface area contributed by atoms with E-state index >= 15 is 0 Å². The van der Waals surface area contributed by atoms with Gasteiger partial charge in [0, 0.05) is 4.47 Å². The Morgan fingerprint density at radius 3 is 2.28 bits per heavy atom. The maximum atomic E-state index is 6.60. The molecule has 0 aliphatic carbocycles. The Kier molecular flexibility index (Phi) is 4.14. The van der Waals surface area contributed by atoms with E-state index in [1.807, 2.05) is 0 Å². The lowest BCUT2D eigenvalue weighted by Gasteiger charge is -2.15. The van der Waals surface area contributed by atoms with Gasteiger partial charge in [0.05, 0.1) is 5.38 Å². The fourth-order valence-electron chi connectivity index (χ4n) is 2.12. The van der Waals surface area contributed by atoms with Crippen LogP contribution in [0.1, 0.15) is 33.2 Å². The molecule has 0 spiro atoms. The van der Waals surface area contributed by atoms with Crippen molar-refractivity contribution in [2.24, 2.45) is 0 Å². The molecule has 1 atom stereocenters. The quantitative estimate of drug-likeness (QED) is 0.622. The second-order valence-corrected chi connectivity index (χ2v) is 6.02. The minimum Gasteiger partial charge on any atom is -0.113 e. The molecular formula is C16H16BrCl. The summed E-state index contributed by atoms with van der Waals surface area (Å²) in [6.07, 6.45) is 0. The molecule has 1 unspecified atom stereocenters. The van der Waals surface area contributed by atoms with Crippen LogP contribution in [0.2, 0.25) is 0 Å². The lowest BCUT2D eigenvalue weighted by molar-refractivity contribution is 1.10. The molecule has 0 amide bonds. The number of alkyl halides is 1. The molecule has 0 fully saturated rings. The molecule has 0 aromatic heterocycles. The molecule has 0 aliphatic rings. The van der Waals surface area contributed by atoms with Gasteiger partial charge in [-0.2, -0.15) is 0 Å². The summed E-state index contributed by atoms with van der Waals surface area (Å²) < 4.78 is 1.12. The molecule has 2 aromatic rings. The highest BCUT2D eigenvalue weighted by molar-refractivity contribution is 9.10. The molecule has 0 aliphatic heterocycles. The predicted octanol–water partition coefficient (Wildman–Crippen LogP) is 5.70. The third kappa shape index (κ3) is 2.78. The summed E-state index contributed by atoms with van der Waals surface area (Å²) in [5.74, 6) is 0. The van der Waals surface area contributed by atoms with E-state index in [-0.39, 0.29) is 5.38 Å². The van der Waals surface area contributed by atoms with Crippen molar-refractivity contribution < 1.29 is 0 Å². The number of hydrogen-bond acceptors (Lipinski definition) is 0. The molecule has 0 radical (unpaired) electrons. The van der Waals surface area contributed by atoms with Crippen molar-refractivity contribution >= 4 is 27.5 Å². The van der Waals surface area contributed by atoms with Gasteiger partial charge in [0.15, 0.2) is 0 Å². The van der Waals surface area contributed by atoms with Gasteiger partial charge in [0.25, 0.3) is 0 Å². The highest BCUT2D eigenvalue weighted by Gasteiger charge is 2.13. The lowest BCUT2D eigenvalue weighted by Crippen LogP contribution is -1.97. The first kappa shape index (κ1) is 13.6. The van der Waals surface area contributed by atoms with Gasteiger partial charge >= 0.3 is 0 Å². The van der Waals surface area contributed by atoms with Crippen molar-refractivity contribution in [3.63, 3.8) is 0 Å². The predicted molar refractivity (Wildman–Crippen MR) is 82.5 cm³/mol. The van der Waals surface area contributed by atoms with Gasteiger partial charge in [0.1, 0.15) is 0 Å². The fourth-order valence-corrected chi connectivity index (χ4v) is 2.74. The minimum absolute atomic E-state index is 0.0857. The maximum Gasteiger partial charge on any atom is 0.0838 e. The third-order valence-corrected chi connectivity index (χ3v) is 4.55. The first-order valence-electron chi connectivity index (χ1n) is 5.96. The smallest absolute Gasteiger partial charge is 0.0838 e. The van der Waals surface area contributed by atoms with Crippen LogP contribution in [0.3, 0.4) is 0 Å². The van der Waals surface area contributed by atoms with Crippen LogP contribution in [0.25, 0.3) is 0 Å². The summed E-state index contributed by atoms with van der Waals surface area (Å²) >= 11 is 10.1. The van der Waals surface area contributed by atoms with Crippen LogP contribution >= 0.6 is 27.5 Å². The Labute approximate surface area is 122 Å². The molecule has 0 heterocycles. The summed E-state index contributed by atoms with van der Waals surface area (Å²) in [5, 5.41) is -0.0857. The zero-order chi connectivity index (χ0) is 13.3. The van der Waals surface area contributed by atoms with Crippen molar-refractivity contribution in [2.45, 2.75) is 26.1 Å². The van der Waals surface area contributed by atoms with E-state index in [1.165, 1.54) is 22.3 Å². The van der Waals surface area contributed by atoms with E-state index in [2.05, 4.69) is 73.1 Å². The van der Waals surface area contributed by atoms with Gasteiger partial charge in [-0.25, -0.2) is 0 Å². The molecule has 2 rings (SSSR count). The standard InChI is InChI=1S/C16H16BrCl/c1-10-4-6-14(11(2)8-10)16(18)13-5-7-15(17)12(3)9-13/h4-9,16H,1-3H3. The Balaban J connectivity index is 2.41. The Morgan fingerprint density at radius 2 is 1.67 bits per heavy atom. The average molecular weight is 324 g/mol. The molecule has 0 bridgehead atoms. The Hall–Kier alpha value is -0.790. The number of aryl methyl sites for hydroxylation is 3. The molecule has 2 aromatic carbocycles. The molecular weight excluding hydrogens is 308 g/mol. The van der Waals surface area contributed by atoms with Gasteiger partial charge in [0.2, 0.25) is 0 Å². The van der Waals surface area contributed by atoms with E-state index in [1.54, 1.807) is 0 Å². The lowest BCUT2D eigenvalue weighted by atomic mass is 9.97. The Morgan fingerprint density at radius 1 is 0.944 bits per heavy atom. The maximum absolute atomic E-state index is 6.60. The molecule has 2 heteroatoms. The topological polar surface area (TPSA) is 0 Å². The van der Waals surface area contributed by atoms with Gasteiger partial charge in [-0.05, 0) is 49.1 Å². The zero-order valence-corrected chi connectivity index (χ0v) is 13.1. The second kappa shape index (κ2) is 5.46. The SMILES string of the molecule is Cc1ccc(C(Cl)c2ccc(Br)c(C)c2)c(C)c1. The van der Waals surface area contributed by atoms with Crippen molar-refractivity contribution in [3.05, 3.63) is 68.7 Å². The van der Waals surface area contributed by atoms with Crippen LogP contribution in [-0.2, 0) is 0 Å². The summed E-state index contributed by atoms with van der Waals surface area (Å²) in [6.45, 7) is 6.30. The average Bonchev–Trinajstić information content (AvgIpc) is 2.32. The monoisotopic (exact) mass is 322 g/mol. The van der Waals surface area contributed by atoms with E-state index in [4.69, 9.17) is 11.6 Å². The summed E-state index contributed by atoms with van der Waals surface area (Å²) in [4.78, 5) is 0. The second-order valence-electron chi connectivity index (χ2n) is 4.73. The van der Waals surface area contributed by atoms with Gasteiger partial charge < -0.3 is 0 Å². The molecule has 94 valence electrons. The van der Waals surface area contributed by atoms with Crippen LogP contribution in [0.15, 0.2) is 40.9 Å². The van der Waals surface area contributed by atoms with Gasteiger partial charge in [-0.1, -0.05) is 51.8 Å². The van der Waals surface area contributed by atoms with Crippen molar-refractivity contribution in [3.8, 4) is 0 Å². The van der Waals surface area contributed by atoms with Crippen molar-refractivity contribution in [2.75, 3.05) is 0 Å². The summed E-state index contributed by atoms with van der Waals surface area (Å²) in [7, 11) is 0. The molecule has 0 nitrogen and oxygen atoms in total. The van der Waals surface area contributed by atoms with E-state index in [0.717, 1.165) is 10.0 Å². The fraction of sp³-hybridized carbons (Fsp3) is 0.250. The number of benzene rings is 2. The largest absolute Gasteiger partial charge is 0.113 e. The van der Waals surface area contributed by atoms with E-state index in [0.29, 0.717) is 0 Å². The van der Waals surface area contributed by atoms with Crippen LogP contribution < -0.4 is 0 Å². The number of hydrogen-bond donors (Lipinski definition) is 0. The van der Waals surface area contributed by atoms with Crippen LogP contribution in [0.5, 0.6) is 0 Å². The Bertz CT molecular complexity index is 575. The van der Waals surface area contributed by atoms with Crippen molar-refractivity contribution in [1.29, 1.82) is 0 Å². The normalized spacial score (nSPS) is 12.5. The highest BCUT2D eigenvalue weighted by Crippen LogP contribution is 2.33. The first-order valence-corrected chi connectivity index (χ1v) is 7.19.